The lowest BCUT2D eigenvalue weighted by molar-refractivity contribution is 0.122. The van der Waals surface area contributed by atoms with Gasteiger partial charge in [-0.1, -0.05) is 73.9 Å². The Labute approximate surface area is 192 Å². The van der Waals surface area contributed by atoms with Crippen molar-refractivity contribution in [3.8, 4) is 0 Å². The quantitative estimate of drug-likeness (QED) is 0.362. The van der Waals surface area contributed by atoms with E-state index in [-0.39, 0.29) is 0 Å². The summed E-state index contributed by atoms with van der Waals surface area (Å²) in [6, 6.07) is 19.1. The molecule has 2 aromatic carbocycles. The minimum atomic E-state index is -0.911. The topological polar surface area (TPSA) is 33.1 Å². The molecule has 0 radical (unpaired) electrons. The first-order chi connectivity index (χ1) is 15.3. The summed E-state index contributed by atoms with van der Waals surface area (Å²) >= 11 is 0. The van der Waals surface area contributed by atoms with Gasteiger partial charge in [-0.05, 0) is 86.1 Å². The predicted molar refractivity (Wildman–Crippen MR) is 139 cm³/mol. The molecule has 0 bridgehead atoms. The average molecular weight is 424 g/mol. The van der Waals surface area contributed by atoms with Gasteiger partial charge in [0.25, 0.3) is 0 Å². The first-order valence-electron chi connectivity index (χ1n) is 11.2. The molecule has 164 valence electrons. The van der Waals surface area contributed by atoms with Gasteiger partial charge in [0.05, 0.1) is 16.8 Å². The molecule has 0 atom stereocenters. The lowest BCUT2D eigenvalue weighted by atomic mass is 9.90. The average Bonchev–Trinajstić information content (AvgIpc) is 2.76. The lowest BCUT2D eigenvalue weighted by Crippen LogP contribution is -2.22. The van der Waals surface area contributed by atoms with Crippen LogP contribution in [0.1, 0.15) is 49.1 Å². The first kappa shape index (κ1) is 23.4. The Morgan fingerprint density at radius 1 is 1.00 bits per heavy atom. The maximum absolute atomic E-state index is 10.4. The number of hydrogen-bond acceptors (Lipinski definition) is 2. The summed E-state index contributed by atoms with van der Waals surface area (Å²) in [7, 11) is 0. The van der Waals surface area contributed by atoms with Gasteiger partial charge in [0.2, 0.25) is 0 Å². The van der Waals surface area contributed by atoms with Crippen LogP contribution in [0.5, 0.6) is 0 Å². The summed E-state index contributed by atoms with van der Waals surface area (Å²) in [6.07, 6.45) is 10.6. The fraction of sp³-hybridized carbons (Fsp3) is 0.233. The molecular formula is C30H33NO. The molecule has 0 saturated carbocycles. The second-order valence-corrected chi connectivity index (χ2v) is 8.77. The molecule has 0 aliphatic rings. The third-order valence-corrected chi connectivity index (χ3v) is 5.63. The summed E-state index contributed by atoms with van der Waals surface area (Å²) in [6.45, 7) is 13.5. The maximum Gasteiger partial charge on any atom is 0.0842 e. The minimum absolute atomic E-state index is 0.849. The molecule has 3 rings (SSSR count). The Morgan fingerprint density at radius 2 is 1.78 bits per heavy atom. The van der Waals surface area contributed by atoms with Gasteiger partial charge in [0.15, 0.2) is 0 Å². The van der Waals surface area contributed by atoms with Crippen molar-refractivity contribution in [2.75, 3.05) is 0 Å². The summed E-state index contributed by atoms with van der Waals surface area (Å²) in [5, 5.41) is 11.5. The second-order valence-electron chi connectivity index (χ2n) is 8.77. The first-order valence-corrected chi connectivity index (χ1v) is 11.2. The van der Waals surface area contributed by atoms with Gasteiger partial charge in [-0.2, -0.15) is 0 Å². The van der Waals surface area contributed by atoms with Crippen LogP contribution >= 0.6 is 0 Å². The third-order valence-electron chi connectivity index (χ3n) is 5.63. The zero-order chi connectivity index (χ0) is 23.1. The van der Waals surface area contributed by atoms with E-state index in [2.05, 4.69) is 86.8 Å². The second kappa shape index (κ2) is 10.4. The zero-order valence-corrected chi connectivity index (χ0v) is 19.4. The van der Waals surface area contributed by atoms with Gasteiger partial charge in [-0.25, -0.2) is 4.98 Å². The van der Waals surface area contributed by atoms with Crippen LogP contribution in [0.15, 0.2) is 91.1 Å². The third kappa shape index (κ3) is 6.15. The molecule has 2 heteroatoms. The maximum atomic E-state index is 10.4. The van der Waals surface area contributed by atoms with E-state index in [0.29, 0.717) is 0 Å². The van der Waals surface area contributed by atoms with Crippen LogP contribution in [0, 0.1) is 6.92 Å². The standard InChI is InChI=1S/C30H33NO/c1-6-25(28(7-2)30(4,5)32)13-9-12-23-10-8-11-24(21-23)15-18-27-19-17-26-16-14-22(3)20-29(26)31-27/h6-8,10-11,14-21,32H,1-2,9,12-13H2,3-5H3/b18-15+,28-25-. The van der Waals surface area contributed by atoms with Gasteiger partial charge in [0.1, 0.15) is 0 Å². The smallest absolute Gasteiger partial charge is 0.0842 e. The van der Waals surface area contributed by atoms with Crippen LogP contribution < -0.4 is 0 Å². The normalized spacial score (nSPS) is 12.8. The highest BCUT2D eigenvalue weighted by molar-refractivity contribution is 5.81. The van der Waals surface area contributed by atoms with E-state index >= 15 is 0 Å². The Hall–Kier alpha value is -3.23. The molecule has 0 amide bonds. The molecule has 1 N–H and O–H groups in total. The van der Waals surface area contributed by atoms with Gasteiger partial charge in [-0.3, -0.25) is 0 Å². The van der Waals surface area contributed by atoms with E-state index in [1.165, 1.54) is 11.1 Å². The van der Waals surface area contributed by atoms with Crippen molar-refractivity contribution >= 4 is 23.1 Å². The minimum Gasteiger partial charge on any atom is -0.386 e. The molecular weight excluding hydrogens is 390 g/mol. The molecule has 0 unspecified atom stereocenters. The van der Waals surface area contributed by atoms with Crippen molar-refractivity contribution in [1.82, 2.24) is 4.98 Å². The number of rotatable bonds is 9. The molecule has 1 aromatic heterocycles. The summed E-state index contributed by atoms with van der Waals surface area (Å²) in [5.41, 5.74) is 6.65. The molecule has 0 aliphatic heterocycles. The number of allylic oxidation sites excluding steroid dienone is 2. The number of hydrogen-bond donors (Lipinski definition) is 1. The van der Waals surface area contributed by atoms with Crippen LogP contribution in [-0.2, 0) is 6.42 Å². The highest BCUT2D eigenvalue weighted by Gasteiger charge is 2.19. The van der Waals surface area contributed by atoms with E-state index in [9.17, 15) is 5.11 Å². The van der Waals surface area contributed by atoms with Crippen molar-refractivity contribution in [2.45, 2.75) is 45.6 Å². The van der Waals surface area contributed by atoms with Crippen LogP contribution in [0.4, 0.5) is 0 Å². The number of benzene rings is 2. The number of aromatic nitrogens is 1. The Balaban J connectivity index is 1.68. The molecule has 0 spiro atoms. The molecule has 32 heavy (non-hydrogen) atoms. The van der Waals surface area contributed by atoms with Crippen LogP contribution in [0.25, 0.3) is 23.1 Å². The molecule has 0 saturated heterocycles. The number of fused-ring (bicyclic) bond motifs is 1. The number of nitrogens with zero attached hydrogens (tertiary/aromatic N) is 1. The summed E-state index contributed by atoms with van der Waals surface area (Å²) < 4.78 is 0. The van der Waals surface area contributed by atoms with E-state index in [1.54, 1.807) is 19.9 Å². The summed E-state index contributed by atoms with van der Waals surface area (Å²) in [5.74, 6) is 0. The van der Waals surface area contributed by atoms with Crippen LogP contribution in [0.2, 0.25) is 0 Å². The molecule has 0 aliphatic carbocycles. The number of aryl methyl sites for hydroxylation is 2. The molecule has 3 aromatic rings. The molecule has 0 fully saturated rings. The SMILES string of the molecule is C=C/C(CCCc1cccc(/C=C/c2ccc3ccc(C)cc3n2)c1)=C(\C=C)C(C)(C)O. The van der Waals surface area contributed by atoms with Crippen molar-refractivity contribution in [3.05, 3.63) is 113 Å². The zero-order valence-electron chi connectivity index (χ0n) is 19.4. The molecule has 1 heterocycles. The van der Waals surface area contributed by atoms with Crippen molar-refractivity contribution < 1.29 is 5.11 Å². The van der Waals surface area contributed by atoms with E-state index in [4.69, 9.17) is 4.98 Å². The van der Waals surface area contributed by atoms with Crippen molar-refractivity contribution in [3.63, 3.8) is 0 Å². The summed E-state index contributed by atoms with van der Waals surface area (Å²) in [4.78, 5) is 4.77. The highest BCUT2D eigenvalue weighted by atomic mass is 16.3. The van der Waals surface area contributed by atoms with Gasteiger partial charge < -0.3 is 5.11 Å². The monoisotopic (exact) mass is 423 g/mol. The van der Waals surface area contributed by atoms with Crippen LogP contribution in [-0.4, -0.2) is 15.7 Å². The van der Waals surface area contributed by atoms with E-state index in [0.717, 1.165) is 52.6 Å². The number of aliphatic hydroxyl groups is 1. The van der Waals surface area contributed by atoms with Gasteiger partial charge in [0, 0.05) is 5.39 Å². The van der Waals surface area contributed by atoms with Crippen LogP contribution in [0.3, 0.4) is 0 Å². The van der Waals surface area contributed by atoms with E-state index < -0.39 is 5.60 Å². The number of pyridine rings is 1. The fourth-order valence-corrected chi connectivity index (χ4v) is 3.97. The Bertz CT molecular complexity index is 1170. The predicted octanol–water partition coefficient (Wildman–Crippen LogP) is 7.48. The largest absolute Gasteiger partial charge is 0.386 e. The van der Waals surface area contributed by atoms with Crippen molar-refractivity contribution in [2.24, 2.45) is 0 Å². The van der Waals surface area contributed by atoms with Crippen molar-refractivity contribution in [1.29, 1.82) is 0 Å². The van der Waals surface area contributed by atoms with Gasteiger partial charge >= 0.3 is 0 Å². The Kier molecular flexibility index (Phi) is 7.61. The highest BCUT2D eigenvalue weighted by Crippen LogP contribution is 2.25. The Morgan fingerprint density at radius 3 is 2.50 bits per heavy atom. The molecule has 2 nitrogen and oxygen atoms in total. The van der Waals surface area contributed by atoms with Gasteiger partial charge in [-0.15, -0.1) is 0 Å². The fourth-order valence-electron chi connectivity index (χ4n) is 3.97. The lowest BCUT2D eigenvalue weighted by Gasteiger charge is -2.22. The van der Waals surface area contributed by atoms with E-state index in [1.807, 2.05) is 6.08 Å².